The van der Waals surface area contributed by atoms with Crippen LogP contribution in [0.1, 0.15) is 38.9 Å². The van der Waals surface area contributed by atoms with Crippen LogP contribution in [0.5, 0.6) is 0 Å². The number of carbonyl (C=O) groups is 1. The monoisotopic (exact) mass is 326 g/mol. The largest absolute Gasteiger partial charge is 0.392 e. The van der Waals surface area contributed by atoms with Crippen LogP contribution < -0.4 is 0 Å². The molecule has 2 aliphatic heterocycles. The number of aldehydes is 1. The molecule has 126 valence electrons. The molecule has 2 aromatic rings. The summed E-state index contributed by atoms with van der Waals surface area (Å²) in [6, 6.07) is 15.8. The third-order valence-corrected chi connectivity index (χ3v) is 4.40. The van der Waals surface area contributed by atoms with Crippen LogP contribution in [0.25, 0.3) is 0 Å². The molecule has 0 atom stereocenters. The molecule has 0 unspecified atom stereocenters. The second kappa shape index (κ2) is 8.20. The Kier molecular flexibility index (Phi) is 5.75. The first-order valence-electron chi connectivity index (χ1n) is 8.20. The molecule has 2 fully saturated rings. The van der Waals surface area contributed by atoms with E-state index >= 15 is 0 Å². The average molecular weight is 326 g/mol. The van der Waals surface area contributed by atoms with Gasteiger partial charge in [-0.1, -0.05) is 42.5 Å². The summed E-state index contributed by atoms with van der Waals surface area (Å²) in [6.07, 6.45) is 0.878. The lowest BCUT2D eigenvalue weighted by molar-refractivity contribution is 0.00833. The number of hydrogen-bond donors (Lipinski definition) is 1. The van der Waals surface area contributed by atoms with E-state index in [1.54, 1.807) is 0 Å². The molecule has 0 amide bonds. The molecular formula is C20H22O4. The maximum absolute atomic E-state index is 10.5. The zero-order chi connectivity index (χ0) is 16.8. The quantitative estimate of drug-likeness (QED) is 0.878. The first kappa shape index (κ1) is 16.8. The molecule has 0 aliphatic carbocycles. The molecule has 2 saturated heterocycles. The maximum atomic E-state index is 10.5. The number of aliphatic hydroxyl groups is 1. The van der Waals surface area contributed by atoms with Crippen molar-refractivity contribution in [1.29, 1.82) is 0 Å². The fourth-order valence-corrected chi connectivity index (χ4v) is 2.69. The van der Waals surface area contributed by atoms with Crippen LogP contribution in [-0.2, 0) is 16.1 Å². The molecule has 1 N–H and O–H groups in total. The summed E-state index contributed by atoms with van der Waals surface area (Å²) >= 11 is 0. The van der Waals surface area contributed by atoms with Gasteiger partial charge >= 0.3 is 0 Å². The normalized spacial score (nSPS) is 17.2. The summed E-state index contributed by atoms with van der Waals surface area (Å²) < 4.78 is 10.2. The molecule has 24 heavy (non-hydrogen) atoms. The number of ether oxygens (including phenoxy) is 2. The Labute approximate surface area is 142 Å². The molecule has 0 aromatic heterocycles. The van der Waals surface area contributed by atoms with E-state index < -0.39 is 0 Å². The van der Waals surface area contributed by atoms with E-state index in [2.05, 4.69) is 6.07 Å². The summed E-state index contributed by atoms with van der Waals surface area (Å²) in [6.45, 7) is 3.37. The fourth-order valence-electron chi connectivity index (χ4n) is 2.69. The number of hydrogen-bond acceptors (Lipinski definition) is 4. The van der Waals surface area contributed by atoms with Gasteiger partial charge in [-0.05, 0) is 22.8 Å². The highest BCUT2D eigenvalue weighted by Gasteiger charge is 2.20. The zero-order valence-corrected chi connectivity index (χ0v) is 13.6. The Hall–Kier alpha value is -2.01. The van der Waals surface area contributed by atoms with Gasteiger partial charge in [0.2, 0.25) is 0 Å². The molecule has 4 heteroatoms. The molecule has 2 heterocycles. The lowest BCUT2D eigenvalue weighted by Gasteiger charge is -2.26. The third kappa shape index (κ3) is 4.09. The second-order valence-electron chi connectivity index (χ2n) is 6.16. The molecule has 2 aliphatic rings. The van der Waals surface area contributed by atoms with Crippen molar-refractivity contribution in [3.63, 3.8) is 0 Å². The van der Waals surface area contributed by atoms with Crippen molar-refractivity contribution in [3.05, 3.63) is 70.8 Å². The minimum atomic E-state index is 0.126. The first-order chi connectivity index (χ1) is 11.8. The van der Waals surface area contributed by atoms with E-state index in [4.69, 9.17) is 14.6 Å². The van der Waals surface area contributed by atoms with Crippen molar-refractivity contribution < 1.29 is 19.4 Å². The lowest BCUT2D eigenvalue weighted by Crippen LogP contribution is -2.25. The molecule has 0 spiro atoms. The molecule has 0 saturated carbocycles. The van der Waals surface area contributed by atoms with Crippen molar-refractivity contribution in [2.24, 2.45) is 0 Å². The third-order valence-electron chi connectivity index (χ3n) is 4.40. The van der Waals surface area contributed by atoms with Crippen molar-refractivity contribution >= 4 is 6.29 Å². The van der Waals surface area contributed by atoms with Crippen LogP contribution in [0.3, 0.4) is 0 Å². The lowest BCUT2D eigenvalue weighted by atomic mass is 9.96. The number of benzene rings is 2. The minimum absolute atomic E-state index is 0.126. The minimum Gasteiger partial charge on any atom is -0.392 e. The zero-order valence-electron chi connectivity index (χ0n) is 13.6. The molecule has 2 aromatic carbocycles. The Bertz CT molecular complexity index is 675. The van der Waals surface area contributed by atoms with Crippen molar-refractivity contribution in [1.82, 2.24) is 0 Å². The standard InChI is InChI=1S/C10H12O2.C10H10O2/c2*11-5-8-2-1-3-9(4-8)10-6-12-7-10/h1-4,10-11H,5-7H2;1-5,10H,6-7H2. The maximum Gasteiger partial charge on any atom is 0.150 e. The number of carbonyl (C=O) groups excluding carboxylic acids is 1. The Balaban J connectivity index is 0.000000141. The fraction of sp³-hybridized carbons (Fsp3) is 0.350. The van der Waals surface area contributed by atoms with Gasteiger partial charge in [-0.3, -0.25) is 4.79 Å². The molecule has 4 nitrogen and oxygen atoms in total. The van der Waals surface area contributed by atoms with E-state index in [0.717, 1.165) is 43.8 Å². The van der Waals surface area contributed by atoms with Gasteiger partial charge in [-0.25, -0.2) is 0 Å². The number of aliphatic hydroxyl groups excluding tert-OH is 1. The predicted molar refractivity (Wildman–Crippen MR) is 91.3 cm³/mol. The van der Waals surface area contributed by atoms with Gasteiger partial charge in [0.15, 0.2) is 0 Å². The van der Waals surface area contributed by atoms with Crippen LogP contribution in [0.15, 0.2) is 48.5 Å². The Morgan fingerprint density at radius 3 is 2.00 bits per heavy atom. The van der Waals surface area contributed by atoms with Gasteiger partial charge < -0.3 is 14.6 Å². The second-order valence-corrected chi connectivity index (χ2v) is 6.16. The van der Waals surface area contributed by atoms with Crippen LogP contribution in [-0.4, -0.2) is 37.8 Å². The van der Waals surface area contributed by atoms with Crippen LogP contribution in [0, 0.1) is 0 Å². The first-order valence-corrected chi connectivity index (χ1v) is 8.20. The van der Waals surface area contributed by atoms with Crippen molar-refractivity contribution in [2.75, 3.05) is 26.4 Å². The van der Waals surface area contributed by atoms with Gasteiger partial charge in [-0.2, -0.15) is 0 Å². The highest BCUT2D eigenvalue weighted by atomic mass is 16.5. The van der Waals surface area contributed by atoms with E-state index in [9.17, 15) is 4.79 Å². The molecular weight excluding hydrogens is 304 g/mol. The van der Waals surface area contributed by atoms with Gasteiger partial charge in [0.25, 0.3) is 0 Å². The highest BCUT2D eigenvalue weighted by molar-refractivity contribution is 5.75. The smallest absolute Gasteiger partial charge is 0.150 e. The topological polar surface area (TPSA) is 55.8 Å². The van der Waals surface area contributed by atoms with E-state index in [1.165, 1.54) is 11.1 Å². The van der Waals surface area contributed by atoms with Gasteiger partial charge in [-0.15, -0.1) is 0 Å². The van der Waals surface area contributed by atoms with Crippen LogP contribution >= 0.6 is 0 Å². The van der Waals surface area contributed by atoms with Gasteiger partial charge in [0.05, 0.1) is 33.0 Å². The van der Waals surface area contributed by atoms with Crippen molar-refractivity contribution in [2.45, 2.75) is 18.4 Å². The molecule has 4 rings (SSSR count). The summed E-state index contributed by atoms with van der Waals surface area (Å²) in [4.78, 5) is 10.5. The molecule has 0 radical (unpaired) electrons. The summed E-state index contributed by atoms with van der Waals surface area (Å²) in [7, 11) is 0. The average Bonchev–Trinajstić information content (AvgIpc) is 2.53. The van der Waals surface area contributed by atoms with Gasteiger partial charge in [0, 0.05) is 17.4 Å². The van der Waals surface area contributed by atoms with E-state index in [-0.39, 0.29) is 6.61 Å². The van der Waals surface area contributed by atoms with Crippen molar-refractivity contribution in [3.8, 4) is 0 Å². The summed E-state index contributed by atoms with van der Waals surface area (Å²) in [5.74, 6) is 1.06. The predicted octanol–water partition coefficient (Wildman–Crippen LogP) is 2.91. The SMILES string of the molecule is O=Cc1cccc(C2COC2)c1.OCc1cccc(C2COC2)c1. The van der Waals surface area contributed by atoms with Crippen LogP contribution in [0.2, 0.25) is 0 Å². The number of rotatable bonds is 4. The van der Waals surface area contributed by atoms with Gasteiger partial charge in [0.1, 0.15) is 6.29 Å². The van der Waals surface area contributed by atoms with Crippen LogP contribution in [0.4, 0.5) is 0 Å². The Morgan fingerprint density at radius 2 is 1.50 bits per heavy atom. The molecule has 0 bridgehead atoms. The van der Waals surface area contributed by atoms with E-state index in [1.807, 2.05) is 42.5 Å². The summed E-state index contributed by atoms with van der Waals surface area (Å²) in [5.41, 5.74) is 4.23. The van der Waals surface area contributed by atoms with E-state index in [0.29, 0.717) is 11.8 Å². The highest BCUT2D eigenvalue weighted by Crippen LogP contribution is 2.25. The summed E-state index contributed by atoms with van der Waals surface area (Å²) in [5, 5.41) is 8.90. The Morgan fingerprint density at radius 1 is 0.917 bits per heavy atom.